The highest BCUT2D eigenvalue weighted by molar-refractivity contribution is 9.11. The molecule has 0 unspecified atom stereocenters. The molecule has 0 spiro atoms. The van der Waals surface area contributed by atoms with E-state index < -0.39 is 0 Å². The van der Waals surface area contributed by atoms with Crippen LogP contribution in [-0.2, 0) is 6.54 Å². The van der Waals surface area contributed by atoms with Crippen molar-refractivity contribution in [2.75, 3.05) is 0 Å². The molecule has 90 valence electrons. The minimum atomic E-state index is 0.00271. The molecule has 0 saturated heterocycles. The van der Waals surface area contributed by atoms with Gasteiger partial charge < -0.3 is 0 Å². The van der Waals surface area contributed by atoms with Crippen LogP contribution in [0.5, 0.6) is 0 Å². The minimum absolute atomic E-state index is 0.00271. The van der Waals surface area contributed by atoms with Crippen molar-refractivity contribution in [1.82, 2.24) is 9.55 Å². The fourth-order valence-electron chi connectivity index (χ4n) is 1.84. The summed E-state index contributed by atoms with van der Waals surface area (Å²) < 4.78 is 2.70. The Morgan fingerprint density at radius 1 is 1.33 bits per heavy atom. The van der Waals surface area contributed by atoms with Crippen molar-refractivity contribution >= 4 is 38.2 Å². The summed E-state index contributed by atoms with van der Waals surface area (Å²) >= 11 is 5.03. The van der Waals surface area contributed by atoms with Crippen molar-refractivity contribution in [3.8, 4) is 0 Å². The van der Waals surface area contributed by atoms with Gasteiger partial charge in [0.1, 0.15) is 0 Å². The van der Waals surface area contributed by atoms with Gasteiger partial charge in [0, 0.05) is 0 Å². The van der Waals surface area contributed by atoms with E-state index in [0.717, 1.165) is 14.9 Å². The summed E-state index contributed by atoms with van der Waals surface area (Å²) in [7, 11) is 0. The first kappa shape index (κ1) is 11.6. The van der Waals surface area contributed by atoms with Crippen LogP contribution in [0.2, 0.25) is 0 Å². The first-order valence-electron chi connectivity index (χ1n) is 5.41. The molecule has 0 radical (unpaired) electrons. The lowest BCUT2D eigenvalue weighted by Crippen LogP contribution is -2.20. The number of hydrogen-bond donors (Lipinski definition) is 0. The average molecular weight is 321 g/mol. The lowest BCUT2D eigenvalue weighted by molar-refractivity contribution is 0.750. The van der Waals surface area contributed by atoms with Crippen LogP contribution in [0.15, 0.2) is 50.6 Å². The van der Waals surface area contributed by atoms with Crippen LogP contribution in [0.3, 0.4) is 0 Å². The second-order valence-corrected chi connectivity index (χ2v) is 6.24. The molecule has 5 heteroatoms. The van der Waals surface area contributed by atoms with Gasteiger partial charge in [0.2, 0.25) is 0 Å². The highest BCUT2D eigenvalue weighted by atomic mass is 79.9. The van der Waals surface area contributed by atoms with Gasteiger partial charge in [0.05, 0.1) is 27.6 Å². The topological polar surface area (TPSA) is 34.9 Å². The van der Waals surface area contributed by atoms with Crippen molar-refractivity contribution in [2.45, 2.75) is 6.54 Å². The van der Waals surface area contributed by atoms with Gasteiger partial charge in [0.15, 0.2) is 0 Å². The molecular formula is C13H9BrN2OS. The first-order chi connectivity index (χ1) is 8.74. The predicted octanol–water partition coefficient (Wildman–Crippen LogP) is 3.27. The van der Waals surface area contributed by atoms with Crippen LogP contribution in [0.1, 0.15) is 5.56 Å². The number of rotatable bonds is 2. The SMILES string of the molecule is O=c1c2ccccc2ncn1Cc1csc(Br)c1. The summed E-state index contributed by atoms with van der Waals surface area (Å²) in [6.07, 6.45) is 1.61. The number of hydrogen-bond acceptors (Lipinski definition) is 3. The van der Waals surface area contributed by atoms with Gasteiger partial charge in [-0.2, -0.15) is 0 Å². The maximum Gasteiger partial charge on any atom is 0.261 e. The Bertz CT molecular complexity index is 763. The van der Waals surface area contributed by atoms with E-state index in [4.69, 9.17) is 0 Å². The third kappa shape index (κ3) is 2.11. The molecule has 0 bridgehead atoms. The first-order valence-corrected chi connectivity index (χ1v) is 7.08. The summed E-state index contributed by atoms with van der Waals surface area (Å²) in [6.45, 7) is 0.554. The third-order valence-electron chi connectivity index (χ3n) is 2.71. The number of fused-ring (bicyclic) bond motifs is 1. The zero-order valence-electron chi connectivity index (χ0n) is 9.34. The zero-order valence-corrected chi connectivity index (χ0v) is 11.7. The molecule has 0 aliphatic carbocycles. The van der Waals surface area contributed by atoms with Crippen LogP contribution in [0.4, 0.5) is 0 Å². The minimum Gasteiger partial charge on any atom is -0.294 e. The summed E-state index contributed by atoms with van der Waals surface area (Å²) in [5.74, 6) is 0. The van der Waals surface area contributed by atoms with E-state index in [1.165, 1.54) is 0 Å². The molecule has 0 aliphatic heterocycles. The monoisotopic (exact) mass is 320 g/mol. The van der Waals surface area contributed by atoms with Crippen LogP contribution in [0, 0.1) is 0 Å². The second kappa shape index (κ2) is 4.66. The van der Waals surface area contributed by atoms with E-state index in [1.54, 1.807) is 22.2 Å². The maximum absolute atomic E-state index is 12.3. The Morgan fingerprint density at radius 3 is 2.94 bits per heavy atom. The average Bonchev–Trinajstić information content (AvgIpc) is 2.79. The van der Waals surface area contributed by atoms with Gasteiger partial charge in [-0.05, 0) is 45.1 Å². The highest BCUT2D eigenvalue weighted by Gasteiger charge is 2.04. The number of thiophene rings is 1. The summed E-state index contributed by atoms with van der Waals surface area (Å²) in [5.41, 5.74) is 1.85. The number of para-hydroxylation sites is 1. The van der Waals surface area contributed by atoms with E-state index in [-0.39, 0.29) is 5.56 Å². The van der Waals surface area contributed by atoms with Gasteiger partial charge in [-0.15, -0.1) is 11.3 Å². The summed E-state index contributed by atoms with van der Waals surface area (Å²) in [5, 5.41) is 2.69. The van der Waals surface area contributed by atoms with Crippen LogP contribution in [-0.4, -0.2) is 9.55 Å². The van der Waals surface area contributed by atoms with Gasteiger partial charge in [0.25, 0.3) is 5.56 Å². The molecule has 0 amide bonds. The molecule has 0 aliphatic rings. The third-order valence-corrected chi connectivity index (χ3v) is 4.26. The van der Waals surface area contributed by atoms with Crippen molar-refractivity contribution < 1.29 is 0 Å². The van der Waals surface area contributed by atoms with E-state index in [2.05, 4.69) is 20.9 Å². The predicted molar refractivity (Wildman–Crippen MR) is 77.1 cm³/mol. The summed E-state index contributed by atoms with van der Waals surface area (Å²) in [6, 6.07) is 9.42. The number of benzene rings is 1. The van der Waals surface area contributed by atoms with Crippen molar-refractivity contribution in [3.63, 3.8) is 0 Å². The van der Waals surface area contributed by atoms with Crippen molar-refractivity contribution in [3.05, 3.63) is 61.7 Å². The van der Waals surface area contributed by atoms with Gasteiger partial charge in [-0.1, -0.05) is 12.1 Å². The van der Waals surface area contributed by atoms with E-state index in [1.807, 2.05) is 35.7 Å². The largest absolute Gasteiger partial charge is 0.294 e. The van der Waals surface area contributed by atoms with E-state index in [9.17, 15) is 4.79 Å². The van der Waals surface area contributed by atoms with Gasteiger partial charge in [-0.25, -0.2) is 4.98 Å². The molecule has 0 N–H and O–H groups in total. The van der Waals surface area contributed by atoms with Crippen molar-refractivity contribution in [2.24, 2.45) is 0 Å². The van der Waals surface area contributed by atoms with Crippen LogP contribution in [0.25, 0.3) is 10.9 Å². The van der Waals surface area contributed by atoms with Crippen molar-refractivity contribution in [1.29, 1.82) is 0 Å². The quantitative estimate of drug-likeness (QED) is 0.726. The Balaban J connectivity index is 2.08. The zero-order chi connectivity index (χ0) is 12.5. The van der Waals surface area contributed by atoms with Crippen LogP contribution < -0.4 is 5.56 Å². The highest BCUT2D eigenvalue weighted by Crippen LogP contribution is 2.21. The molecule has 18 heavy (non-hydrogen) atoms. The Morgan fingerprint density at radius 2 is 2.17 bits per heavy atom. The van der Waals surface area contributed by atoms with E-state index in [0.29, 0.717) is 11.9 Å². The lowest BCUT2D eigenvalue weighted by atomic mass is 10.2. The Kier molecular flexibility index (Phi) is 3.01. The second-order valence-electron chi connectivity index (χ2n) is 3.95. The number of aromatic nitrogens is 2. The number of halogens is 1. The molecule has 2 aromatic heterocycles. The molecule has 0 fully saturated rings. The maximum atomic E-state index is 12.3. The van der Waals surface area contributed by atoms with Crippen LogP contribution >= 0.6 is 27.3 Å². The molecule has 3 aromatic rings. The fraction of sp³-hybridized carbons (Fsp3) is 0.0769. The molecule has 2 heterocycles. The molecular weight excluding hydrogens is 312 g/mol. The van der Waals surface area contributed by atoms with Gasteiger partial charge >= 0.3 is 0 Å². The lowest BCUT2D eigenvalue weighted by Gasteiger charge is -2.04. The normalized spacial score (nSPS) is 10.9. The molecule has 0 saturated carbocycles. The van der Waals surface area contributed by atoms with Gasteiger partial charge in [-0.3, -0.25) is 9.36 Å². The smallest absolute Gasteiger partial charge is 0.261 e. The molecule has 0 atom stereocenters. The summed E-state index contributed by atoms with van der Waals surface area (Å²) in [4.78, 5) is 16.6. The standard InChI is InChI=1S/C13H9BrN2OS/c14-12-5-9(7-18-12)6-16-8-15-11-4-2-1-3-10(11)13(16)17/h1-5,7-8H,6H2. The van der Waals surface area contributed by atoms with E-state index >= 15 is 0 Å². The fourth-order valence-corrected chi connectivity index (χ4v) is 3.04. The number of nitrogens with zero attached hydrogens (tertiary/aromatic N) is 2. The Hall–Kier alpha value is -1.46. The molecule has 1 aromatic carbocycles. The molecule has 3 rings (SSSR count). The Labute approximate surface area is 116 Å². The molecule has 3 nitrogen and oxygen atoms in total.